The molecule has 0 N–H and O–H groups in total. The summed E-state index contributed by atoms with van der Waals surface area (Å²) in [4.78, 5) is 10.6. The zero-order chi connectivity index (χ0) is 9.14. The predicted molar refractivity (Wildman–Crippen MR) is 58.8 cm³/mol. The lowest BCUT2D eigenvalue weighted by molar-refractivity contribution is 0.112. The second-order valence-corrected chi connectivity index (χ2v) is 4.21. The van der Waals surface area contributed by atoms with Crippen molar-refractivity contribution in [3.05, 3.63) is 25.7 Å². The third-order valence-electron chi connectivity index (χ3n) is 1.37. The maximum Gasteiger partial charge on any atom is 0.153 e. The van der Waals surface area contributed by atoms with Crippen LogP contribution in [0.1, 0.15) is 10.4 Å². The third-order valence-corrected chi connectivity index (χ3v) is 2.63. The van der Waals surface area contributed by atoms with Crippen molar-refractivity contribution in [2.24, 2.45) is 0 Å². The summed E-state index contributed by atoms with van der Waals surface area (Å²) in [6, 6.07) is 3.63. The van der Waals surface area contributed by atoms with Crippen LogP contribution in [0.5, 0.6) is 5.75 Å². The zero-order valence-corrected chi connectivity index (χ0v) is 10.0. The SMILES string of the molecule is COc1c(I)cc(Br)cc1C=O. The lowest BCUT2D eigenvalue weighted by Gasteiger charge is -2.05. The summed E-state index contributed by atoms with van der Waals surface area (Å²) in [7, 11) is 1.55. The second kappa shape index (κ2) is 4.23. The standard InChI is InChI=1S/C8H6BrIO2/c1-12-8-5(4-11)2-6(9)3-7(8)10/h2-4H,1H3. The van der Waals surface area contributed by atoms with Crippen LogP contribution in [-0.2, 0) is 0 Å². The number of aldehydes is 1. The highest BCUT2D eigenvalue weighted by molar-refractivity contribution is 14.1. The monoisotopic (exact) mass is 340 g/mol. The van der Waals surface area contributed by atoms with Crippen molar-refractivity contribution in [1.82, 2.24) is 0 Å². The highest BCUT2D eigenvalue weighted by Gasteiger charge is 2.07. The Labute approximate surface area is 92.6 Å². The van der Waals surface area contributed by atoms with E-state index in [4.69, 9.17) is 4.74 Å². The summed E-state index contributed by atoms with van der Waals surface area (Å²) in [6.07, 6.45) is 0.783. The minimum absolute atomic E-state index is 0.566. The Bertz CT molecular complexity index is 312. The predicted octanol–water partition coefficient (Wildman–Crippen LogP) is 2.87. The number of carbonyl (C=O) groups is 1. The highest BCUT2D eigenvalue weighted by Crippen LogP contribution is 2.28. The first-order chi connectivity index (χ1) is 5.69. The zero-order valence-electron chi connectivity index (χ0n) is 6.30. The lowest BCUT2D eigenvalue weighted by atomic mass is 10.2. The summed E-state index contributed by atoms with van der Waals surface area (Å²) >= 11 is 5.42. The van der Waals surface area contributed by atoms with E-state index in [1.54, 1.807) is 13.2 Å². The molecule has 0 aromatic heterocycles. The molecule has 0 saturated heterocycles. The van der Waals surface area contributed by atoms with Gasteiger partial charge in [-0.05, 0) is 34.7 Å². The van der Waals surface area contributed by atoms with Gasteiger partial charge in [0.25, 0.3) is 0 Å². The van der Waals surface area contributed by atoms with Crippen LogP contribution < -0.4 is 4.74 Å². The molecule has 0 aliphatic heterocycles. The van der Waals surface area contributed by atoms with Gasteiger partial charge >= 0.3 is 0 Å². The fraction of sp³-hybridized carbons (Fsp3) is 0.125. The van der Waals surface area contributed by atoms with E-state index in [0.29, 0.717) is 11.3 Å². The number of carbonyl (C=O) groups excluding carboxylic acids is 1. The molecule has 0 heterocycles. The molecule has 0 unspecified atom stereocenters. The molecule has 4 heteroatoms. The van der Waals surface area contributed by atoms with Gasteiger partial charge in [-0.2, -0.15) is 0 Å². The molecule has 0 fully saturated rings. The Kier molecular flexibility index (Phi) is 3.52. The van der Waals surface area contributed by atoms with E-state index < -0.39 is 0 Å². The van der Waals surface area contributed by atoms with Gasteiger partial charge in [0.1, 0.15) is 5.75 Å². The Morgan fingerprint density at radius 3 is 2.75 bits per heavy atom. The number of rotatable bonds is 2. The first-order valence-electron chi connectivity index (χ1n) is 3.17. The quantitative estimate of drug-likeness (QED) is 0.611. The van der Waals surface area contributed by atoms with E-state index in [2.05, 4.69) is 38.5 Å². The van der Waals surface area contributed by atoms with E-state index in [-0.39, 0.29) is 0 Å². The van der Waals surface area contributed by atoms with E-state index in [1.165, 1.54) is 0 Å². The first-order valence-corrected chi connectivity index (χ1v) is 5.04. The van der Waals surface area contributed by atoms with Gasteiger partial charge < -0.3 is 4.74 Å². The fourth-order valence-corrected chi connectivity index (χ4v) is 2.65. The molecular weight excluding hydrogens is 335 g/mol. The number of methoxy groups -OCH3 is 1. The maximum atomic E-state index is 10.6. The summed E-state index contributed by atoms with van der Waals surface area (Å²) in [5, 5.41) is 0. The molecule has 0 radical (unpaired) electrons. The van der Waals surface area contributed by atoms with Gasteiger partial charge in [0.05, 0.1) is 16.2 Å². The molecule has 0 amide bonds. The van der Waals surface area contributed by atoms with Crippen LogP contribution in [0.15, 0.2) is 16.6 Å². The van der Waals surface area contributed by atoms with E-state index in [0.717, 1.165) is 14.3 Å². The molecular formula is C8H6BrIO2. The molecule has 0 aliphatic carbocycles. The van der Waals surface area contributed by atoms with Gasteiger partial charge in [-0.1, -0.05) is 15.9 Å². The van der Waals surface area contributed by atoms with Crippen molar-refractivity contribution in [3.8, 4) is 5.75 Å². The minimum atomic E-state index is 0.566. The van der Waals surface area contributed by atoms with Crippen LogP contribution in [-0.4, -0.2) is 13.4 Å². The van der Waals surface area contributed by atoms with Crippen molar-refractivity contribution >= 4 is 44.8 Å². The van der Waals surface area contributed by atoms with Crippen molar-refractivity contribution in [2.75, 3.05) is 7.11 Å². The third kappa shape index (κ3) is 1.98. The van der Waals surface area contributed by atoms with E-state index >= 15 is 0 Å². The van der Waals surface area contributed by atoms with Crippen molar-refractivity contribution in [3.63, 3.8) is 0 Å². The molecule has 12 heavy (non-hydrogen) atoms. The average Bonchev–Trinajstić information content (AvgIpc) is 2.03. The fourth-order valence-electron chi connectivity index (χ4n) is 0.883. The van der Waals surface area contributed by atoms with Gasteiger partial charge in [-0.25, -0.2) is 0 Å². The molecule has 1 aromatic carbocycles. The number of hydrogen-bond donors (Lipinski definition) is 0. The Balaban J connectivity index is 3.33. The van der Waals surface area contributed by atoms with Crippen LogP contribution in [0.25, 0.3) is 0 Å². The summed E-state index contributed by atoms with van der Waals surface area (Å²) < 4.78 is 6.87. The van der Waals surface area contributed by atoms with Crippen molar-refractivity contribution in [2.45, 2.75) is 0 Å². The molecule has 2 nitrogen and oxygen atoms in total. The minimum Gasteiger partial charge on any atom is -0.495 e. The van der Waals surface area contributed by atoms with Crippen LogP contribution in [0.3, 0.4) is 0 Å². The largest absolute Gasteiger partial charge is 0.495 e. The average molecular weight is 341 g/mol. The number of halogens is 2. The van der Waals surface area contributed by atoms with Crippen LogP contribution in [0, 0.1) is 3.57 Å². The Morgan fingerprint density at radius 1 is 1.58 bits per heavy atom. The second-order valence-electron chi connectivity index (χ2n) is 2.13. The van der Waals surface area contributed by atoms with Crippen LogP contribution in [0.4, 0.5) is 0 Å². The maximum absolute atomic E-state index is 10.6. The van der Waals surface area contributed by atoms with Gasteiger partial charge in [-0.15, -0.1) is 0 Å². The number of ether oxygens (including phenoxy) is 1. The molecule has 64 valence electrons. The van der Waals surface area contributed by atoms with Crippen molar-refractivity contribution < 1.29 is 9.53 Å². The van der Waals surface area contributed by atoms with Crippen LogP contribution >= 0.6 is 38.5 Å². The van der Waals surface area contributed by atoms with Crippen LogP contribution in [0.2, 0.25) is 0 Å². The molecule has 0 saturated carbocycles. The normalized spacial score (nSPS) is 9.58. The Morgan fingerprint density at radius 2 is 2.25 bits per heavy atom. The molecule has 0 spiro atoms. The van der Waals surface area contributed by atoms with Gasteiger partial charge in [-0.3, -0.25) is 4.79 Å². The molecule has 0 aliphatic rings. The molecule has 0 atom stereocenters. The first kappa shape index (κ1) is 9.98. The van der Waals surface area contributed by atoms with E-state index in [9.17, 15) is 4.79 Å². The number of hydrogen-bond acceptors (Lipinski definition) is 2. The van der Waals surface area contributed by atoms with Gasteiger partial charge in [0, 0.05) is 4.47 Å². The lowest BCUT2D eigenvalue weighted by Crippen LogP contribution is -1.93. The van der Waals surface area contributed by atoms with Gasteiger partial charge in [0.15, 0.2) is 6.29 Å². The summed E-state index contributed by atoms with van der Waals surface area (Å²) in [5.74, 6) is 0.633. The summed E-state index contributed by atoms with van der Waals surface area (Å²) in [5.41, 5.74) is 0.566. The highest BCUT2D eigenvalue weighted by atomic mass is 127. The van der Waals surface area contributed by atoms with Gasteiger partial charge in [0.2, 0.25) is 0 Å². The number of benzene rings is 1. The summed E-state index contributed by atoms with van der Waals surface area (Å²) in [6.45, 7) is 0. The topological polar surface area (TPSA) is 26.3 Å². The molecule has 0 bridgehead atoms. The molecule has 1 aromatic rings. The van der Waals surface area contributed by atoms with E-state index in [1.807, 2.05) is 6.07 Å². The molecule has 1 rings (SSSR count). The smallest absolute Gasteiger partial charge is 0.153 e. The van der Waals surface area contributed by atoms with Crippen molar-refractivity contribution in [1.29, 1.82) is 0 Å². The Hall–Kier alpha value is -0.100.